The van der Waals surface area contributed by atoms with Crippen LogP contribution in [-0.2, 0) is 12.8 Å². The second-order valence-corrected chi connectivity index (χ2v) is 6.03. The van der Waals surface area contributed by atoms with Crippen molar-refractivity contribution in [2.75, 3.05) is 0 Å². The lowest BCUT2D eigenvalue weighted by Gasteiger charge is -2.08. The molecule has 0 saturated heterocycles. The van der Waals surface area contributed by atoms with Crippen LogP contribution < -0.4 is 5.73 Å². The van der Waals surface area contributed by atoms with E-state index < -0.39 is 5.91 Å². The first-order valence-electron chi connectivity index (χ1n) is 8.26. The first-order chi connectivity index (χ1) is 12.5. The van der Waals surface area contributed by atoms with Gasteiger partial charge in [-0.05, 0) is 53.8 Å². The molecule has 0 saturated carbocycles. The van der Waals surface area contributed by atoms with Crippen molar-refractivity contribution in [3.63, 3.8) is 0 Å². The first-order valence-corrected chi connectivity index (χ1v) is 8.26. The van der Waals surface area contributed by atoms with Crippen molar-refractivity contribution in [1.29, 1.82) is 0 Å². The number of nitro groups is 1. The SMILES string of the molecule is NC(=O)c1cccc(-c2ccc([N+](=O)[O-])c(CCc3ccccc3)c2)c1. The van der Waals surface area contributed by atoms with Gasteiger partial charge in [-0.1, -0.05) is 42.5 Å². The van der Waals surface area contributed by atoms with Crippen LogP contribution in [0, 0.1) is 10.1 Å². The van der Waals surface area contributed by atoms with Gasteiger partial charge in [-0.25, -0.2) is 0 Å². The third kappa shape index (κ3) is 3.95. The minimum atomic E-state index is -0.502. The number of nitrogens with two attached hydrogens (primary N) is 1. The average molecular weight is 346 g/mol. The topological polar surface area (TPSA) is 86.2 Å². The third-order valence-corrected chi connectivity index (χ3v) is 4.28. The van der Waals surface area contributed by atoms with Crippen LogP contribution in [0.1, 0.15) is 21.5 Å². The van der Waals surface area contributed by atoms with E-state index in [1.165, 1.54) is 6.07 Å². The Kier molecular flexibility index (Phi) is 5.08. The predicted molar refractivity (Wildman–Crippen MR) is 101 cm³/mol. The summed E-state index contributed by atoms with van der Waals surface area (Å²) in [5.74, 6) is -0.502. The molecule has 0 radical (unpaired) electrons. The molecule has 5 heteroatoms. The Labute approximate surface area is 151 Å². The molecule has 0 aliphatic carbocycles. The zero-order valence-corrected chi connectivity index (χ0v) is 14.1. The van der Waals surface area contributed by atoms with E-state index in [4.69, 9.17) is 5.73 Å². The molecule has 0 spiro atoms. The first kappa shape index (κ1) is 17.4. The molecule has 0 aliphatic rings. The molecule has 3 rings (SSSR count). The van der Waals surface area contributed by atoms with Crippen molar-refractivity contribution in [2.45, 2.75) is 12.8 Å². The summed E-state index contributed by atoms with van der Waals surface area (Å²) in [5.41, 5.74) is 9.27. The number of carbonyl (C=O) groups is 1. The minimum absolute atomic E-state index is 0.107. The lowest BCUT2D eigenvalue weighted by Crippen LogP contribution is -2.10. The quantitative estimate of drug-likeness (QED) is 0.537. The van der Waals surface area contributed by atoms with Gasteiger partial charge in [-0.2, -0.15) is 0 Å². The summed E-state index contributed by atoms with van der Waals surface area (Å²) in [5, 5.41) is 11.4. The van der Waals surface area contributed by atoms with E-state index in [9.17, 15) is 14.9 Å². The molecule has 5 nitrogen and oxygen atoms in total. The normalized spacial score (nSPS) is 10.5. The predicted octanol–water partition coefficient (Wildman–Crippen LogP) is 4.15. The molecule has 1 amide bonds. The van der Waals surface area contributed by atoms with E-state index in [1.54, 1.807) is 24.3 Å². The molecule has 2 N–H and O–H groups in total. The Morgan fingerprint density at radius 3 is 2.31 bits per heavy atom. The molecular weight excluding hydrogens is 328 g/mol. The number of aryl methyl sites for hydroxylation is 2. The highest BCUT2D eigenvalue weighted by Crippen LogP contribution is 2.28. The lowest BCUT2D eigenvalue weighted by molar-refractivity contribution is -0.385. The smallest absolute Gasteiger partial charge is 0.272 e. The molecule has 0 aromatic heterocycles. The fraction of sp³-hybridized carbons (Fsp3) is 0.0952. The van der Waals surface area contributed by atoms with Gasteiger partial charge in [0.2, 0.25) is 5.91 Å². The van der Waals surface area contributed by atoms with E-state index in [1.807, 2.05) is 42.5 Å². The van der Waals surface area contributed by atoms with Gasteiger partial charge in [0.05, 0.1) is 4.92 Å². The largest absolute Gasteiger partial charge is 0.366 e. The molecule has 0 aliphatic heterocycles. The maximum absolute atomic E-state index is 11.4. The number of hydrogen-bond donors (Lipinski definition) is 1. The molecule has 0 heterocycles. The Morgan fingerprint density at radius 1 is 0.885 bits per heavy atom. The molecule has 130 valence electrons. The molecule has 3 aromatic rings. The molecule has 0 bridgehead atoms. The molecule has 26 heavy (non-hydrogen) atoms. The summed E-state index contributed by atoms with van der Waals surface area (Å²) in [4.78, 5) is 22.4. The van der Waals surface area contributed by atoms with Gasteiger partial charge < -0.3 is 5.73 Å². The van der Waals surface area contributed by atoms with Crippen LogP contribution in [0.3, 0.4) is 0 Å². The summed E-state index contributed by atoms with van der Waals surface area (Å²) in [7, 11) is 0. The van der Waals surface area contributed by atoms with E-state index in [0.29, 0.717) is 24.0 Å². The molecular formula is C21H18N2O3. The number of carbonyl (C=O) groups excluding carboxylic acids is 1. The highest BCUT2D eigenvalue weighted by atomic mass is 16.6. The van der Waals surface area contributed by atoms with Crippen LogP contribution in [-0.4, -0.2) is 10.8 Å². The van der Waals surface area contributed by atoms with Crippen LogP contribution in [0.4, 0.5) is 5.69 Å². The van der Waals surface area contributed by atoms with Gasteiger partial charge in [-0.3, -0.25) is 14.9 Å². The number of nitro benzene ring substituents is 1. The van der Waals surface area contributed by atoms with E-state index in [0.717, 1.165) is 16.7 Å². The number of amides is 1. The van der Waals surface area contributed by atoms with Crippen molar-refractivity contribution in [2.24, 2.45) is 5.73 Å². The highest BCUT2D eigenvalue weighted by Gasteiger charge is 2.15. The Balaban J connectivity index is 1.94. The van der Waals surface area contributed by atoms with Crippen molar-refractivity contribution in [3.05, 3.63) is 99.6 Å². The summed E-state index contributed by atoms with van der Waals surface area (Å²) in [6.07, 6.45) is 1.27. The van der Waals surface area contributed by atoms with Gasteiger partial charge in [0.15, 0.2) is 0 Å². The zero-order chi connectivity index (χ0) is 18.5. The second kappa shape index (κ2) is 7.61. The van der Waals surface area contributed by atoms with Gasteiger partial charge in [0.25, 0.3) is 5.69 Å². The van der Waals surface area contributed by atoms with Crippen LogP contribution in [0.15, 0.2) is 72.8 Å². The van der Waals surface area contributed by atoms with Crippen LogP contribution in [0.5, 0.6) is 0 Å². The standard InChI is InChI=1S/C21H18N2O3/c22-21(24)19-8-4-7-16(14-19)17-11-12-20(23(25)26)18(13-17)10-9-15-5-2-1-3-6-15/h1-8,11-14H,9-10H2,(H2,22,24). The molecule has 3 aromatic carbocycles. The van der Waals surface area contributed by atoms with Crippen molar-refractivity contribution in [1.82, 2.24) is 0 Å². The minimum Gasteiger partial charge on any atom is -0.366 e. The van der Waals surface area contributed by atoms with E-state index >= 15 is 0 Å². The fourth-order valence-electron chi connectivity index (χ4n) is 2.92. The Morgan fingerprint density at radius 2 is 1.62 bits per heavy atom. The number of nitrogens with zero attached hydrogens (tertiary/aromatic N) is 1. The lowest BCUT2D eigenvalue weighted by atomic mass is 9.97. The number of rotatable bonds is 6. The van der Waals surface area contributed by atoms with Crippen LogP contribution in [0.2, 0.25) is 0 Å². The Hall–Kier alpha value is -3.47. The van der Waals surface area contributed by atoms with E-state index in [-0.39, 0.29) is 10.6 Å². The van der Waals surface area contributed by atoms with Gasteiger partial charge in [-0.15, -0.1) is 0 Å². The summed E-state index contributed by atoms with van der Waals surface area (Å²) in [6, 6.07) is 21.9. The van der Waals surface area contributed by atoms with Crippen LogP contribution in [0.25, 0.3) is 11.1 Å². The maximum Gasteiger partial charge on any atom is 0.272 e. The number of benzene rings is 3. The molecule has 0 fully saturated rings. The van der Waals surface area contributed by atoms with Gasteiger partial charge in [0, 0.05) is 17.2 Å². The average Bonchev–Trinajstić information content (AvgIpc) is 2.67. The van der Waals surface area contributed by atoms with Crippen molar-refractivity contribution in [3.8, 4) is 11.1 Å². The molecule has 0 unspecified atom stereocenters. The maximum atomic E-state index is 11.4. The summed E-state index contributed by atoms with van der Waals surface area (Å²) < 4.78 is 0. The Bertz CT molecular complexity index is 952. The summed E-state index contributed by atoms with van der Waals surface area (Å²) >= 11 is 0. The number of primary amides is 1. The number of hydrogen-bond acceptors (Lipinski definition) is 3. The van der Waals surface area contributed by atoms with Crippen LogP contribution >= 0.6 is 0 Å². The second-order valence-electron chi connectivity index (χ2n) is 6.03. The monoisotopic (exact) mass is 346 g/mol. The van der Waals surface area contributed by atoms with Crippen molar-refractivity contribution >= 4 is 11.6 Å². The highest BCUT2D eigenvalue weighted by molar-refractivity contribution is 5.94. The van der Waals surface area contributed by atoms with Gasteiger partial charge >= 0.3 is 0 Å². The third-order valence-electron chi connectivity index (χ3n) is 4.28. The van der Waals surface area contributed by atoms with E-state index in [2.05, 4.69) is 0 Å². The van der Waals surface area contributed by atoms with Gasteiger partial charge in [0.1, 0.15) is 0 Å². The fourth-order valence-corrected chi connectivity index (χ4v) is 2.92. The molecule has 0 atom stereocenters. The zero-order valence-electron chi connectivity index (χ0n) is 14.1. The van der Waals surface area contributed by atoms with Crippen molar-refractivity contribution < 1.29 is 9.72 Å². The summed E-state index contributed by atoms with van der Waals surface area (Å²) in [6.45, 7) is 0.